The minimum atomic E-state index is -0.251. The SMILES string of the molecule is N/C(CCNC(=O)c1ccc(Cl)cc1Br)=N/O. The molecule has 0 saturated carbocycles. The molecule has 1 aromatic rings. The summed E-state index contributed by atoms with van der Waals surface area (Å²) in [5, 5.41) is 14.3. The van der Waals surface area contributed by atoms with E-state index in [9.17, 15) is 4.79 Å². The summed E-state index contributed by atoms with van der Waals surface area (Å²) >= 11 is 9.01. The van der Waals surface area contributed by atoms with Gasteiger partial charge in [0.2, 0.25) is 0 Å². The van der Waals surface area contributed by atoms with Crippen molar-refractivity contribution in [2.24, 2.45) is 10.9 Å². The highest BCUT2D eigenvalue weighted by Gasteiger charge is 2.09. The van der Waals surface area contributed by atoms with E-state index in [0.29, 0.717) is 21.6 Å². The molecule has 0 aliphatic rings. The minimum Gasteiger partial charge on any atom is -0.409 e. The van der Waals surface area contributed by atoms with Crippen LogP contribution >= 0.6 is 27.5 Å². The summed E-state index contributed by atoms with van der Waals surface area (Å²) in [7, 11) is 0. The number of nitrogens with zero attached hydrogens (tertiary/aromatic N) is 1. The number of benzene rings is 1. The van der Waals surface area contributed by atoms with Gasteiger partial charge in [-0.1, -0.05) is 16.8 Å². The highest BCUT2D eigenvalue weighted by molar-refractivity contribution is 9.10. The molecule has 0 atom stereocenters. The van der Waals surface area contributed by atoms with Gasteiger partial charge in [0.15, 0.2) is 0 Å². The van der Waals surface area contributed by atoms with Crippen LogP contribution in [0.4, 0.5) is 0 Å². The third-order valence-corrected chi connectivity index (χ3v) is 2.86. The van der Waals surface area contributed by atoms with Crippen LogP contribution in [0, 0.1) is 0 Å². The van der Waals surface area contributed by atoms with Crippen LogP contribution in [0.5, 0.6) is 0 Å². The van der Waals surface area contributed by atoms with Crippen molar-refractivity contribution in [1.29, 1.82) is 0 Å². The van der Waals surface area contributed by atoms with Crippen LogP contribution in [-0.4, -0.2) is 23.5 Å². The van der Waals surface area contributed by atoms with Gasteiger partial charge >= 0.3 is 0 Å². The molecule has 1 rings (SSSR count). The van der Waals surface area contributed by atoms with Crippen molar-refractivity contribution in [3.05, 3.63) is 33.3 Å². The van der Waals surface area contributed by atoms with Crippen molar-refractivity contribution in [1.82, 2.24) is 5.32 Å². The van der Waals surface area contributed by atoms with Gasteiger partial charge < -0.3 is 16.3 Å². The molecule has 1 amide bonds. The quantitative estimate of drug-likeness (QED) is 0.343. The Morgan fingerprint density at radius 2 is 2.29 bits per heavy atom. The van der Waals surface area contributed by atoms with Crippen molar-refractivity contribution in [3.63, 3.8) is 0 Å². The van der Waals surface area contributed by atoms with Crippen LogP contribution in [0.2, 0.25) is 5.02 Å². The zero-order chi connectivity index (χ0) is 12.8. The second kappa shape index (κ2) is 6.46. The van der Waals surface area contributed by atoms with Crippen molar-refractivity contribution in [2.45, 2.75) is 6.42 Å². The predicted molar refractivity (Wildman–Crippen MR) is 69.5 cm³/mol. The largest absolute Gasteiger partial charge is 0.409 e. The number of oxime groups is 1. The summed E-state index contributed by atoms with van der Waals surface area (Å²) in [5.41, 5.74) is 5.75. The molecule has 0 fully saturated rings. The van der Waals surface area contributed by atoms with Crippen molar-refractivity contribution >= 4 is 39.3 Å². The third-order valence-electron chi connectivity index (χ3n) is 1.97. The standard InChI is InChI=1S/C10H11BrClN3O2/c11-8-5-6(12)1-2-7(8)10(16)14-4-3-9(13)15-17/h1-2,5,17H,3-4H2,(H2,13,15)(H,14,16). The van der Waals surface area contributed by atoms with E-state index in [2.05, 4.69) is 26.4 Å². The smallest absolute Gasteiger partial charge is 0.252 e. The summed E-state index contributed by atoms with van der Waals surface area (Å²) in [6.07, 6.45) is 0.285. The number of rotatable bonds is 4. The van der Waals surface area contributed by atoms with Crippen LogP contribution in [0.3, 0.4) is 0 Å². The molecular weight excluding hydrogens is 309 g/mol. The van der Waals surface area contributed by atoms with Crippen LogP contribution in [0.1, 0.15) is 16.8 Å². The fraction of sp³-hybridized carbons (Fsp3) is 0.200. The van der Waals surface area contributed by atoms with Crippen LogP contribution in [0.25, 0.3) is 0 Å². The Kier molecular flexibility index (Phi) is 5.24. The highest BCUT2D eigenvalue weighted by atomic mass is 79.9. The molecule has 0 saturated heterocycles. The molecule has 1 aromatic carbocycles. The maximum atomic E-state index is 11.7. The van der Waals surface area contributed by atoms with Crippen molar-refractivity contribution < 1.29 is 10.0 Å². The topological polar surface area (TPSA) is 87.7 Å². The van der Waals surface area contributed by atoms with Gasteiger partial charge in [0.1, 0.15) is 5.84 Å². The van der Waals surface area contributed by atoms with Gasteiger partial charge in [0.25, 0.3) is 5.91 Å². The van der Waals surface area contributed by atoms with Gasteiger partial charge in [-0.2, -0.15) is 0 Å². The first-order chi connectivity index (χ1) is 8.04. The molecule has 0 heterocycles. The van der Waals surface area contributed by atoms with Gasteiger partial charge in [-0.3, -0.25) is 4.79 Å². The van der Waals surface area contributed by atoms with Gasteiger partial charge in [0, 0.05) is 22.5 Å². The highest BCUT2D eigenvalue weighted by Crippen LogP contribution is 2.21. The maximum absolute atomic E-state index is 11.7. The number of nitrogens with two attached hydrogens (primary N) is 1. The first-order valence-electron chi connectivity index (χ1n) is 4.74. The van der Waals surface area contributed by atoms with E-state index in [1.54, 1.807) is 18.2 Å². The molecule has 17 heavy (non-hydrogen) atoms. The first kappa shape index (κ1) is 13.8. The Morgan fingerprint density at radius 1 is 1.59 bits per heavy atom. The molecule has 92 valence electrons. The van der Waals surface area contributed by atoms with E-state index < -0.39 is 0 Å². The fourth-order valence-corrected chi connectivity index (χ4v) is 1.99. The van der Waals surface area contributed by atoms with E-state index in [1.165, 1.54) is 0 Å². The Labute approximate surface area is 112 Å². The van der Waals surface area contributed by atoms with Crippen LogP contribution < -0.4 is 11.1 Å². The molecular formula is C10H11BrClN3O2. The van der Waals surface area contributed by atoms with Crippen LogP contribution in [-0.2, 0) is 0 Å². The molecule has 0 spiro atoms. The molecule has 4 N–H and O–H groups in total. The predicted octanol–water partition coefficient (Wildman–Crippen LogP) is 1.97. The lowest BCUT2D eigenvalue weighted by atomic mass is 10.2. The molecule has 5 nitrogen and oxygen atoms in total. The van der Waals surface area contributed by atoms with E-state index in [-0.39, 0.29) is 18.2 Å². The fourth-order valence-electron chi connectivity index (χ4n) is 1.12. The zero-order valence-corrected chi connectivity index (χ0v) is 11.1. The second-order valence-corrected chi connectivity index (χ2v) is 4.51. The summed E-state index contributed by atoms with van der Waals surface area (Å²) < 4.78 is 0.617. The number of amidine groups is 1. The van der Waals surface area contributed by atoms with E-state index >= 15 is 0 Å². The minimum absolute atomic E-state index is 0.0699. The van der Waals surface area contributed by atoms with Crippen molar-refractivity contribution in [3.8, 4) is 0 Å². The number of amides is 1. The van der Waals surface area contributed by atoms with E-state index in [1.807, 2.05) is 0 Å². The Hall–Kier alpha value is -1.27. The molecule has 0 aromatic heterocycles. The van der Waals surface area contributed by atoms with Gasteiger partial charge in [-0.05, 0) is 34.1 Å². The van der Waals surface area contributed by atoms with E-state index in [4.69, 9.17) is 22.5 Å². The Balaban J connectivity index is 2.58. The lowest BCUT2D eigenvalue weighted by Gasteiger charge is -2.06. The molecule has 7 heteroatoms. The Morgan fingerprint density at radius 3 is 2.88 bits per heavy atom. The number of hydrogen-bond donors (Lipinski definition) is 3. The first-order valence-corrected chi connectivity index (χ1v) is 5.91. The zero-order valence-electron chi connectivity index (χ0n) is 8.78. The average Bonchev–Trinajstić information content (AvgIpc) is 2.28. The normalized spacial score (nSPS) is 11.3. The molecule has 0 radical (unpaired) electrons. The maximum Gasteiger partial charge on any atom is 0.252 e. The molecule has 0 aliphatic heterocycles. The molecule has 0 bridgehead atoms. The van der Waals surface area contributed by atoms with E-state index in [0.717, 1.165) is 0 Å². The number of halogens is 2. The number of carbonyl (C=O) groups is 1. The van der Waals surface area contributed by atoms with Crippen molar-refractivity contribution in [2.75, 3.05) is 6.54 Å². The summed E-state index contributed by atoms with van der Waals surface area (Å²) in [6, 6.07) is 4.88. The van der Waals surface area contributed by atoms with Crippen LogP contribution in [0.15, 0.2) is 27.8 Å². The third kappa shape index (κ3) is 4.24. The van der Waals surface area contributed by atoms with Gasteiger partial charge in [-0.15, -0.1) is 0 Å². The van der Waals surface area contributed by atoms with Gasteiger partial charge in [0.05, 0.1) is 5.56 Å². The molecule has 0 aliphatic carbocycles. The molecule has 0 unspecified atom stereocenters. The summed E-state index contributed by atoms with van der Waals surface area (Å²) in [6.45, 7) is 0.295. The van der Waals surface area contributed by atoms with Gasteiger partial charge in [-0.25, -0.2) is 0 Å². The summed E-state index contributed by atoms with van der Waals surface area (Å²) in [5.74, 6) is -0.181. The summed E-state index contributed by atoms with van der Waals surface area (Å²) in [4.78, 5) is 11.7. The number of carbonyl (C=O) groups excluding carboxylic acids is 1. The number of hydrogen-bond acceptors (Lipinski definition) is 3. The lowest BCUT2D eigenvalue weighted by Crippen LogP contribution is -2.28. The lowest BCUT2D eigenvalue weighted by molar-refractivity contribution is 0.0954. The average molecular weight is 321 g/mol. The monoisotopic (exact) mass is 319 g/mol. The Bertz CT molecular complexity index is 451. The second-order valence-electron chi connectivity index (χ2n) is 3.22. The number of nitrogens with one attached hydrogen (secondary N) is 1.